The summed E-state index contributed by atoms with van der Waals surface area (Å²) in [4.78, 5) is 7.70. The molecule has 1 aromatic heterocycles. The molecule has 0 radical (unpaired) electrons. The minimum Gasteiger partial charge on any atom is -0.247 e. The van der Waals surface area contributed by atoms with Gasteiger partial charge in [-0.25, -0.2) is 4.98 Å². The van der Waals surface area contributed by atoms with Crippen molar-refractivity contribution in [2.45, 2.75) is 0 Å². The standard InChI is InChI=1S/C6H3BrN2S/c7-6-5(9-4-10)2-1-3-8-6/h1-3H. The fourth-order valence-corrected chi connectivity index (χ4v) is 0.948. The first-order valence-corrected chi connectivity index (χ1v) is 3.73. The third-order valence-corrected chi connectivity index (χ3v) is 1.61. The van der Waals surface area contributed by atoms with Gasteiger partial charge in [-0.3, -0.25) is 0 Å². The quantitative estimate of drug-likeness (QED) is 0.408. The molecule has 1 rings (SSSR count). The van der Waals surface area contributed by atoms with Crippen LogP contribution >= 0.6 is 28.1 Å². The van der Waals surface area contributed by atoms with Crippen molar-refractivity contribution in [1.82, 2.24) is 4.98 Å². The Morgan fingerprint density at radius 2 is 2.50 bits per heavy atom. The van der Waals surface area contributed by atoms with E-state index in [1.165, 1.54) is 0 Å². The Hall–Kier alpha value is -0.570. The Labute approximate surface area is 72.1 Å². The van der Waals surface area contributed by atoms with E-state index in [-0.39, 0.29) is 0 Å². The third-order valence-electron chi connectivity index (χ3n) is 0.905. The van der Waals surface area contributed by atoms with Crippen molar-refractivity contribution >= 4 is 39.0 Å². The molecule has 0 saturated carbocycles. The number of hydrogen-bond acceptors (Lipinski definition) is 3. The number of aliphatic imine (C=N–C) groups is 1. The maximum Gasteiger partial charge on any atom is 0.132 e. The average molecular weight is 215 g/mol. The Balaban J connectivity index is 3.14. The van der Waals surface area contributed by atoms with Crippen LogP contribution in [0.5, 0.6) is 0 Å². The molecule has 50 valence electrons. The number of pyridine rings is 1. The second-order valence-corrected chi connectivity index (χ2v) is 2.45. The van der Waals surface area contributed by atoms with Crippen LogP contribution in [-0.4, -0.2) is 10.1 Å². The van der Waals surface area contributed by atoms with Crippen LogP contribution in [0.25, 0.3) is 0 Å². The minimum atomic E-state index is 0.687. The highest BCUT2D eigenvalue weighted by atomic mass is 79.9. The van der Waals surface area contributed by atoms with Crippen molar-refractivity contribution in [2.75, 3.05) is 0 Å². The predicted molar refractivity (Wildman–Crippen MR) is 46.6 cm³/mol. The van der Waals surface area contributed by atoms with Gasteiger partial charge in [-0.2, -0.15) is 4.99 Å². The number of halogens is 1. The normalized spacial score (nSPS) is 8.50. The van der Waals surface area contributed by atoms with Crippen LogP contribution in [0.1, 0.15) is 0 Å². The molecular formula is C6H3BrN2S. The summed E-state index contributed by atoms with van der Waals surface area (Å²) in [5.74, 6) is 0. The molecule has 2 nitrogen and oxygen atoms in total. The maximum atomic E-state index is 4.43. The molecule has 0 fully saturated rings. The van der Waals surface area contributed by atoms with Crippen molar-refractivity contribution in [2.24, 2.45) is 4.99 Å². The lowest BCUT2D eigenvalue weighted by Gasteiger charge is -1.90. The van der Waals surface area contributed by atoms with Gasteiger partial charge in [-0.1, -0.05) is 0 Å². The molecule has 1 heterocycles. The van der Waals surface area contributed by atoms with Crippen molar-refractivity contribution in [1.29, 1.82) is 0 Å². The van der Waals surface area contributed by atoms with E-state index < -0.39 is 0 Å². The summed E-state index contributed by atoms with van der Waals surface area (Å²) in [6.07, 6.45) is 1.67. The topological polar surface area (TPSA) is 25.2 Å². The third kappa shape index (κ3) is 1.70. The Morgan fingerprint density at radius 1 is 1.70 bits per heavy atom. The summed E-state index contributed by atoms with van der Waals surface area (Å²) in [5.41, 5.74) is 0.706. The molecule has 10 heavy (non-hydrogen) atoms. The molecule has 0 aromatic carbocycles. The van der Waals surface area contributed by atoms with E-state index in [2.05, 4.69) is 43.3 Å². The summed E-state index contributed by atoms with van der Waals surface area (Å²) in [7, 11) is 0. The second-order valence-electron chi connectivity index (χ2n) is 1.52. The molecule has 0 aliphatic carbocycles. The zero-order valence-corrected chi connectivity index (χ0v) is 7.32. The van der Waals surface area contributed by atoms with Crippen LogP contribution in [0.2, 0.25) is 0 Å². The molecule has 0 unspecified atom stereocenters. The molecule has 4 heteroatoms. The fraction of sp³-hybridized carbons (Fsp3) is 0. The van der Waals surface area contributed by atoms with Crippen LogP contribution < -0.4 is 0 Å². The molecule has 0 amide bonds. The lowest BCUT2D eigenvalue weighted by molar-refractivity contribution is 1.26. The number of rotatable bonds is 1. The molecule has 0 spiro atoms. The van der Waals surface area contributed by atoms with E-state index in [1.54, 1.807) is 18.3 Å². The molecule has 0 aliphatic rings. The summed E-state index contributed by atoms with van der Waals surface area (Å²) in [6, 6.07) is 3.59. The Bertz CT molecular complexity index is 281. The Kier molecular flexibility index (Phi) is 2.68. The maximum absolute atomic E-state index is 4.43. The van der Waals surface area contributed by atoms with E-state index in [0.29, 0.717) is 10.3 Å². The molecule has 1 aromatic rings. The van der Waals surface area contributed by atoms with Gasteiger partial charge >= 0.3 is 0 Å². The van der Waals surface area contributed by atoms with Crippen molar-refractivity contribution in [3.05, 3.63) is 22.9 Å². The number of aromatic nitrogens is 1. The number of thiocarbonyl (C=S) groups is 1. The number of isothiocyanates is 1. The molecule has 0 saturated heterocycles. The van der Waals surface area contributed by atoms with E-state index in [4.69, 9.17) is 0 Å². The van der Waals surface area contributed by atoms with E-state index in [9.17, 15) is 0 Å². The fourth-order valence-electron chi connectivity index (χ4n) is 0.510. The molecular weight excluding hydrogens is 212 g/mol. The van der Waals surface area contributed by atoms with Gasteiger partial charge < -0.3 is 0 Å². The lowest BCUT2D eigenvalue weighted by Crippen LogP contribution is -1.72. The van der Waals surface area contributed by atoms with Gasteiger partial charge in [0, 0.05) is 6.20 Å². The highest BCUT2D eigenvalue weighted by molar-refractivity contribution is 9.10. The van der Waals surface area contributed by atoms with Crippen LogP contribution in [0.3, 0.4) is 0 Å². The van der Waals surface area contributed by atoms with Crippen molar-refractivity contribution in [3.63, 3.8) is 0 Å². The van der Waals surface area contributed by atoms with E-state index in [0.717, 1.165) is 0 Å². The molecule has 0 bridgehead atoms. The number of nitrogens with zero attached hydrogens (tertiary/aromatic N) is 2. The zero-order chi connectivity index (χ0) is 7.40. The first-order chi connectivity index (χ1) is 4.84. The van der Waals surface area contributed by atoms with Gasteiger partial charge in [0.25, 0.3) is 0 Å². The van der Waals surface area contributed by atoms with Gasteiger partial charge in [-0.05, 0) is 40.3 Å². The van der Waals surface area contributed by atoms with Crippen molar-refractivity contribution < 1.29 is 0 Å². The average Bonchev–Trinajstić information content (AvgIpc) is 1.94. The first kappa shape index (κ1) is 7.54. The van der Waals surface area contributed by atoms with Crippen LogP contribution in [0.15, 0.2) is 27.9 Å². The first-order valence-electron chi connectivity index (χ1n) is 2.53. The van der Waals surface area contributed by atoms with Crippen molar-refractivity contribution in [3.8, 4) is 0 Å². The molecule has 0 aliphatic heterocycles. The minimum absolute atomic E-state index is 0.687. The zero-order valence-electron chi connectivity index (χ0n) is 4.91. The monoisotopic (exact) mass is 214 g/mol. The highest BCUT2D eigenvalue weighted by Gasteiger charge is 1.93. The van der Waals surface area contributed by atoms with Gasteiger partial charge in [0.15, 0.2) is 0 Å². The molecule has 0 atom stereocenters. The lowest BCUT2D eigenvalue weighted by atomic mass is 10.4. The summed E-state index contributed by atoms with van der Waals surface area (Å²) in [6.45, 7) is 0. The summed E-state index contributed by atoms with van der Waals surface area (Å²) < 4.78 is 0.687. The Morgan fingerprint density at radius 3 is 3.10 bits per heavy atom. The molecule has 0 N–H and O–H groups in total. The van der Waals surface area contributed by atoms with E-state index >= 15 is 0 Å². The summed E-state index contributed by atoms with van der Waals surface area (Å²) in [5, 5.41) is 2.26. The van der Waals surface area contributed by atoms with E-state index in [1.807, 2.05) is 0 Å². The highest BCUT2D eigenvalue weighted by Crippen LogP contribution is 2.20. The smallest absolute Gasteiger partial charge is 0.132 e. The van der Waals surface area contributed by atoms with Gasteiger partial charge in [0.05, 0.1) is 5.16 Å². The number of hydrogen-bond donors (Lipinski definition) is 0. The summed E-state index contributed by atoms with van der Waals surface area (Å²) >= 11 is 7.63. The predicted octanol–water partition coefficient (Wildman–Crippen LogP) is 2.58. The van der Waals surface area contributed by atoms with Gasteiger partial charge in [0.2, 0.25) is 0 Å². The van der Waals surface area contributed by atoms with Crippen LogP contribution in [0, 0.1) is 0 Å². The largest absolute Gasteiger partial charge is 0.247 e. The second kappa shape index (κ2) is 3.56. The SMILES string of the molecule is S=C=Nc1cccnc1Br. The van der Waals surface area contributed by atoms with Crippen LogP contribution in [0.4, 0.5) is 5.69 Å². The van der Waals surface area contributed by atoms with Gasteiger partial charge in [-0.15, -0.1) is 0 Å². The van der Waals surface area contributed by atoms with Crippen LogP contribution in [-0.2, 0) is 0 Å². The van der Waals surface area contributed by atoms with Gasteiger partial charge in [0.1, 0.15) is 10.3 Å².